The predicted octanol–water partition coefficient (Wildman–Crippen LogP) is 4.13. The van der Waals surface area contributed by atoms with Crippen molar-refractivity contribution in [3.8, 4) is 0 Å². The number of hydrogen-bond acceptors (Lipinski definition) is 3. The number of aryl methyl sites for hydroxylation is 2. The maximum absolute atomic E-state index is 12.3. The molecular weight excluding hydrogens is 266 g/mol. The van der Waals surface area contributed by atoms with Crippen LogP contribution in [0.5, 0.6) is 0 Å². The minimum atomic E-state index is -0.209. The lowest BCUT2D eigenvalue weighted by Gasteiger charge is -2.10. The summed E-state index contributed by atoms with van der Waals surface area (Å²) in [6, 6.07) is 11.3. The number of rotatable bonds is 3. The van der Waals surface area contributed by atoms with Crippen molar-refractivity contribution in [2.45, 2.75) is 26.8 Å². The first-order valence-corrected chi connectivity index (χ1v) is 6.91. The second-order valence-corrected chi connectivity index (χ2v) is 5.21. The van der Waals surface area contributed by atoms with Crippen molar-refractivity contribution < 1.29 is 13.6 Å². The van der Waals surface area contributed by atoms with Gasteiger partial charge in [0, 0.05) is 5.39 Å². The van der Waals surface area contributed by atoms with E-state index in [0.29, 0.717) is 11.3 Å². The van der Waals surface area contributed by atoms with Crippen LogP contribution in [0.15, 0.2) is 45.2 Å². The first-order chi connectivity index (χ1) is 10.0. The van der Waals surface area contributed by atoms with E-state index >= 15 is 0 Å². The van der Waals surface area contributed by atoms with Gasteiger partial charge in [0.15, 0.2) is 0 Å². The van der Waals surface area contributed by atoms with Crippen molar-refractivity contribution in [2.75, 3.05) is 0 Å². The molecule has 21 heavy (non-hydrogen) atoms. The standard InChI is InChI=1S/C17H17NO3/c1-10-8-14(12(3)20-10)17(19)18-11(2)16-9-13-6-4-5-7-15(13)21-16/h4-9,11H,1-3H3,(H,18,19). The maximum Gasteiger partial charge on any atom is 0.255 e. The van der Waals surface area contributed by atoms with E-state index in [-0.39, 0.29) is 11.9 Å². The zero-order chi connectivity index (χ0) is 15.0. The number of carbonyl (C=O) groups is 1. The fourth-order valence-corrected chi connectivity index (χ4v) is 2.42. The number of furan rings is 2. The van der Waals surface area contributed by atoms with E-state index in [0.717, 1.165) is 22.5 Å². The monoisotopic (exact) mass is 283 g/mol. The van der Waals surface area contributed by atoms with Gasteiger partial charge in [-0.25, -0.2) is 0 Å². The van der Waals surface area contributed by atoms with Crippen LogP contribution >= 0.6 is 0 Å². The second kappa shape index (κ2) is 5.13. The Kier molecular flexibility index (Phi) is 3.29. The van der Waals surface area contributed by atoms with Gasteiger partial charge < -0.3 is 14.2 Å². The van der Waals surface area contributed by atoms with Crippen molar-refractivity contribution in [1.82, 2.24) is 5.32 Å². The van der Waals surface area contributed by atoms with Gasteiger partial charge in [0.2, 0.25) is 0 Å². The summed E-state index contributed by atoms with van der Waals surface area (Å²) in [7, 11) is 0. The molecule has 0 radical (unpaired) electrons. The maximum atomic E-state index is 12.3. The van der Waals surface area contributed by atoms with Crippen LogP contribution in [0.1, 0.15) is 40.6 Å². The van der Waals surface area contributed by atoms with Gasteiger partial charge in [0.1, 0.15) is 22.9 Å². The smallest absolute Gasteiger partial charge is 0.255 e. The van der Waals surface area contributed by atoms with Crippen molar-refractivity contribution in [3.05, 3.63) is 59.2 Å². The second-order valence-electron chi connectivity index (χ2n) is 5.21. The molecule has 2 heterocycles. The quantitative estimate of drug-likeness (QED) is 0.786. The van der Waals surface area contributed by atoms with Crippen LogP contribution in [0.3, 0.4) is 0 Å². The highest BCUT2D eigenvalue weighted by atomic mass is 16.3. The van der Waals surface area contributed by atoms with Crippen LogP contribution in [-0.4, -0.2) is 5.91 Å². The van der Waals surface area contributed by atoms with Gasteiger partial charge in [-0.3, -0.25) is 4.79 Å². The van der Waals surface area contributed by atoms with Gasteiger partial charge >= 0.3 is 0 Å². The number of amides is 1. The normalized spacial score (nSPS) is 12.5. The number of fused-ring (bicyclic) bond motifs is 1. The molecule has 0 saturated carbocycles. The van der Waals surface area contributed by atoms with Crippen LogP contribution in [0.4, 0.5) is 0 Å². The molecule has 108 valence electrons. The van der Waals surface area contributed by atoms with Crippen molar-refractivity contribution in [1.29, 1.82) is 0 Å². The molecule has 3 aromatic rings. The van der Waals surface area contributed by atoms with E-state index in [9.17, 15) is 4.79 Å². The van der Waals surface area contributed by atoms with Crippen LogP contribution in [0.2, 0.25) is 0 Å². The summed E-state index contributed by atoms with van der Waals surface area (Å²) in [5.41, 5.74) is 1.39. The molecule has 2 aromatic heterocycles. The molecule has 0 bridgehead atoms. The molecule has 1 unspecified atom stereocenters. The van der Waals surface area contributed by atoms with Crippen molar-refractivity contribution in [2.24, 2.45) is 0 Å². The van der Waals surface area contributed by atoms with E-state index in [1.165, 1.54) is 0 Å². The fourth-order valence-electron chi connectivity index (χ4n) is 2.42. The SMILES string of the molecule is Cc1cc(C(=O)NC(C)c2cc3ccccc3o2)c(C)o1. The zero-order valence-electron chi connectivity index (χ0n) is 12.3. The van der Waals surface area contributed by atoms with Crippen molar-refractivity contribution in [3.63, 3.8) is 0 Å². The van der Waals surface area contributed by atoms with E-state index < -0.39 is 0 Å². The Morgan fingerprint density at radius 1 is 1.14 bits per heavy atom. The number of para-hydroxylation sites is 1. The lowest BCUT2D eigenvalue weighted by atomic mass is 10.2. The molecule has 1 N–H and O–H groups in total. The Hall–Kier alpha value is -2.49. The van der Waals surface area contributed by atoms with Crippen LogP contribution in [0, 0.1) is 13.8 Å². The first kappa shape index (κ1) is 13.5. The van der Waals surface area contributed by atoms with E-state index in [2.05, 4.69) is 5.32 Å². The Morgan fingerprint density at radius 3 is 2.57 bits per heavy atom. The summed E-state index contributed by atoms with van der Waals surface area (Å²) in [4.78, 5) is 12.3. The largest absolute Gasteiger partial charge is 0.466 e. The summed E-state index contributed by atoms with van der Waals surface area (Å²) >= 11 is 0. The minimum Gasteiger partial charge on any atom is -0.466 e. The Bertz CT molecular complexity index is 764. The van der Waals surface area contributed by atoms with E-state index in [1.807, 2.05) is 44.2 Å². The minimum absolute atomic E-state index is 0.155. The average Bonchev–Trinajstić information content (AvgIpc) is 3.01. The Morgan fingerprint density at radius 2 is 1.90 bits per heavy atom. The first-order valence-electron chi connectivity index (χ1n) is 6.91. The summed E-state index contributed by atoms with van der Waals surface area (Å²) < 4.78 is 11.2. The molecule has 0 aliphatic carbocycles. The van der Waals surface area contributed by atoms with Gasteiger partial charge in [-0.1, -0.05) is 18.2 Å². The van der Waals surface area contributed by atoms with E-state index in [1.54, 1.807) is 13.0 Å². The van der Waals surface area contributed by atoms with Gasteiger partial charge in [-0.15, -0.1) is 0 Å². The molecule has 0 fully saturated rings. The third-order valence-corrected chi connectivity index (χ3v) is 3.50. The van der Waals surface area contributed by atoms with Crippen molar-refractivity contribution >= 4 is 16.9 Å². The summed E-state index contributed by atoms with van der Waals surface area (Å²) in [6.07, 6.45) is 0. The molecule has 4 nitrogen and oxygen atoms in total. The molecule has 0 spiro atoms. The highest BCUT2D eigenvalue weighted by Gasteiger charge is 2.18. The third-order valence-electron chi connectivity index (χ3n) is 3.50. The lowest BCUT2D eigenvalue weighted by Crippen LogP contribution is -2.26. The zero-order valence-corrected chi connectivity index (χ0v) is 12.3. The highest BCUT2D eigenvalue weighted by Crippen LogP contribution is 2.24. The number of nitrogens with one attached hydrogen (secondary N) is 1. The Balaban J connectivity index is 1.81. The molecule has 4 heteroatoms. The lowest BCUT2D eigenvalue weighted by molar-refractivity contribution is 0.0934. The molecule has 0 aliphatic heterocycles. The summed E-state index contributed by atoms with van der Waals surface area (Å²) in [6.45, 7) is 5.51. The van der Waals surface area contributed by atoms with Crippen LogP contribution < -0.4 is 5.32 Å². The molecular formula is C17H17NO3. The number of benzene rings is 1. The fraction of sp³-hybridized carbons (Fsp3) is 0.235. The molecule has 0 aliphatic rings. The Labute approximate surface area is 122 Å². The highest BCUT2D eigenvalue weighted by molar-refractivity contribution is 5.95. The predicted molar refractivity (Wildman–Crippen MR) is 80.3 cm³/mol. The summed E-state index contributed by atoms with van der Waals surface area (Å²) in [5, 5.41) is 3.97. The third kappa shape index (κ3) is 2.57. The van der Waals surface area contributed by atoms with Gasteiger partial charge in [0.05, 0.1) is 11.6 Å². The molecule has 0 saturated heterocycles. The van der Waals surface area contributed by atoms with Gasteiger partial charge in [-0.2, -0.15) is 0 Å². The summed E-state index contributed by atoms with van der Waals surface area (Å²) in [5.74, 6) is 1.94. The van der Waals surface area contributed by atoms with Gasteiger partial charge in [-0.05, 0) is 39.0 Å². The average molecular weight is 283 g/mol. The molecule has 3 rings (SSSR count). The van der Waals surface area contributed by atoms with Gasteiger partial charge in [0.25, 0.3) is 5.91 Å². The van der Waals surface area contributed by atoms with Crippen LogP contribution in [0.25, 0.3) is 11.0 Å². The number of carbonyl (C=O) groups excluding carboxylic acids is 1. The molecule has 1 amide bonds. The number of hydrogen-bond donors (Lipinski definition) is 1. The topological polar surface area (TPSA) is 55.4 Å². The van der Waals surface area contributed by atoms with E-state index in [4.69, 9.17) is 8.83 Å². The molecule has 1 aromatic carbocycles. The van der Waals surface area contributed by atoms with Crippen LogP contribution in [-0.2, 0) is 0 Å². The molecule has 1 atom stereocenters.